The van der Waals surface area contributed by atoms with Crippen molar-refractivity contribution in [1.82, 2.24) is 0 Å². The molecule has 0 aromatic heterocycles. The molecule has 2 aromatic rings. The van der Waals surface area contributed by atoms with E-state index in [-0.39, 0.29) is 11.5 Å². The standard InChI is InChI=1S/C17H18N2O2/c1-18-10-14-8-12(3-5-16(14)20)7-13-4-6-17(21)15(9-13)11-19-2/h3-6,8-11,20-21H,7H2,1-2H3. The number of aliphatic imine (C=N–C) groups is 2. The first-order valence-corrected chi connectivity index (χ1v) is 6.62. The van der Waals surface area contributed by atoms with Crippen LogP contribution >= 0.6 is 0 Å². The van der Waals surface area contributed by atoms with Crippen molar-refractivity contribution in [3.8, 4) is 11.5 Å². The number of hydrogen-bond donors (Lipinski definition) is 2. The van der Waals surface area contributed by atoms with Crippen LogP contribution in [0.3, 0.4) is 0 Å². The Morgan fingerprint density at radius 1 is 0.810 bits per heavy atom. The van der Waals surface area contributed by atoms with Crippen LogP contribution in [0.1, 0.15) is 22.3 Å². The molecule has 2 rings (SSSR count). The van der Waals surface area contributed by atoms with E-state index in [9.17, 15) is 10.2 Å². The van der Waals surface area contributed by atoms with Gasteiger partial charge < -0.3 is 10.2 Å². The Morgan fingerprint density at radius 2 is 1.24 bits per heavy atom. The van der Waals surface area contributed by atoms with Crippen molar-refractivity contribution >= 4 is 12.4 Å². The molecule has 2 N–H and O–H groups in total. The van der Waals surface area contributed by atoms with Crippen molar-refractivity contribution in [3.63, 3.8) is 0 Å². The van der Waals surface area contributed by atoms with E-state index < -0.39 is 0 Å². The van der Waals surface area contributed by atoms with E-state index in [0.29, 0.717) is 17.5 Å². The summed E-state index contributed by atoms with van der Waals surface area (Å²) in [5.41, 5.74) is 3.52. The number of hydrogen-bond acceptors (Lipinski definition) is 4. The molecule has 0 amide bonds. The highest BCUT2D eigenvalue weighted by Crippen LogP contribution is 2.22. The fraction of sp³-hybridized carbons (Fsp3) is 0.176. The quantitative estimate of drug-likeness (QED) is 0.847. The van der Waals surface area contributed by atoms with Crippen molar-refractivity contribution in [2.24, 2.45) is 9.98 Å². The first-order chi connectivity index (χ1) is 10.1. The highest BCUT2D eigenvalue weighted by Gasteiger charge is 2.04. The first kappa shape index (κ1) is 14.8. The molecule has 0 heterocycles. The van der Waals surface area contributed by atoms with E-state index in [1.165, 1.54) is 0 Å². The fourth-order valence-corrected chi connectivity index (χ4v) is 2.15. The number of phenolic OH excluding ortho intramolecular Hbond substituents is 2. The van der Waals surface area contributed by atoms with Gasteiger partial charge in [-0.25, -0.2) is 0 Å². The minimum absolute atomic E-state index is 0.217. The van der Waals surface area contributed by atoms with Gasteiger partial charge in [0.2, 0.25) is 0 Å². The Labute approximate surface area is 124 Å². The molecule has 0 atom stereocenters. The van der Waals surface area contributed by atoms with Gasteiger partial charge in [-0.05, 0) is 41.8 Å². The monoisotopic (exact) mass is 282 g/mol. The van der Waals surface area contributed by atoms with E-state index in [0.717, 1.165) is 11.1 Å². The van der Waals surface area contributed by atoms with E-state index >= 15 is 0 Å². The molecular formula is C17H18N2O2. The lowest BCUT2D eigenvalue weighted by molar-refractivity contribution is 0.474. The van der Waals surface area contributed by atoms with Crippen molar-refractivity contribution in [2.45, 2.75) is 6.42 Å². The average molecular weight is 282 g/mol. The Bertz CT molecular complexity index is 632. The maximum absolute atomic E-state index is 9.74. The highest BCUT2D eigenvalue weighted by atomic mass is 16.3. The molecule has 0 radical (unpaired) electrons. The molecule has 4 nitrogen and oxygen atoms in total. The van der Waals surface area contributed by atoms with Crippen LogP contribution in [0.25, 0.3) is 0 Å². The Balaban J connectivity index is 2.30. The van der Waals surface area contributed by atoms with E-state index in [4.69, 9.17) is 0 Å². The van der Waals surface area contributed by atoms with Gasteiger partial charge in [0.15, 0.2) is 0 Å². The molecule has 0 saturated heterocycles. The summed E-state index contributed by atoms with van der Waals surface area (Å²) in [5.74, 6) is 0.433. The Hall–Kier alpha value is -2.62. The van der Waals surface area contributed by atoms with Gasteiger partial charge in [0, 0.05) is 37.7 Å². The van der Waals surface area contributed by atoms with E-state index in [1.807, 2.05) is 24.3 Å². The normalized spacial score (nSPS) is 11.5. The first-order valence-electron chi connectivity index (χ1n) is 6.62. The van der Waals surface area contributed by atoms with Crippen molar-refractivity contribution < 1.29 is 10.2 Å². The molecule has 108 valence electrons. The van der Waals surface area contributed by atoms with Crippen molar-refractivity contribution in [2.75, 3.05) is 14.1 Å². The van der Waals surface area contributed by atoms with Crippen LogP contribution in [0.5, 0.6) is 11.5 Å². The zero-order chi connectivity index (χ0) is 15.2. The Kier molecular flexibility index (Phi) is 4.72. The molecule has 0 bridgehead atoms. The predicted molar refractivity (Wildman–Crippen MR) is 86.1 cm³/mol. The van der Waals surface area contributed by atoms with Crippen LogP contribution in [0.4, 0.5) is 0 Å². The molecule has 0 aliphatic carbocycles. The number of nitrogens with zero attached hydrogens (tertiary/aromatic N) is 2. The number of rotatable bonds is 4. The predicted octanol–water partition coefficient (Wildman–Crippen LogP) is 2.79. The average Bonchev–Trinajstić information content (AvgIpc) is 2.47. The van der Waals surface area contributed by atoms with Gasteiger partial charge in [0.25, 0.3) is 0 Å². The molecule has 0 fully saturated rings. The summed E-state index contributed by atoms with van der Waals surface area (Å²) in [4.78, 5) is 7.86. The second-order valence-electron chi connectivity index (χ2n) is 4.74. The van der Waals surface area contributed by atoms with Crippen LogP contribution < -0.4 is 0 Å². The lowest BCUT2D eigenvalue weighted by atomic mass is 10.0. The maximum atomic E-state index is 9.74. The van der Waals surface area contributed by atoms with Gasteiger partial charge in [-0.2, -0.15) is 0 Å². The molecule has 2 aromatic carbocycles. The maximum Gasteiger partial charge on any atom is 0.124 e. The smallest absolute Gasteiger partial charge is 0.124 e. The van der Waals surface area contributed by atoms with Crippen LogP contribution in [-0.2, 0) is 6.42 Å². The third kappa shape index (κ3) is 3.69. The Morgan fingerprint density at radius 3 is 1.62 bits per heavy atom. The van der Waals surface area contributed by atoms with E-state index in [2.05, 4.69) is 9.98 Å². The summed E-state index contributed by atoms with van der Waals surface area (Å²) in [6, 6.07) is 10.9. The second kappa shape index (κ2) is 6.70. The van der Waals surface area contributed by atoms with Crippen LogP contribution in [0.15, 0.2) is 46.4 Å². The van der Waals surface area contributed by atoms with Gasteiger partial charge in [0.05, 0.1) is 0 Å². The van der Waals surface area contributed by atoms with Crippen LogP contribution in [0.2, 0.25) is 0 Å². The fourth-order valence-electron chi connectivity index (χ4n) is 2.15. The zero-order valence-electron chi connectivity index (χ0n) is 12.1. The number of phenols is 2. The molecule has 4 heteroatoms. The molecule has 21 heavy (non-hydrogen) atoms. The van der Waals surface area contributed by atoms with Gasteiger partial charge in [0.1, 0.15) is 11.5 Å². The van der Waals surface area contributed by atoms with Gasteiger partial charge in [-0.1, -0.05) is 12.1 Å². The summed E-state index contributed by atoms with van der Waals surface area (Å²) < 4.78 is 0. The SMILES string of the molecule is CN=Cc1cc(Cc2ccc(O)c(C=NC)c2)ccc1O. The van der Waals surface area contributed by atoms with E-state index in [1.54, 1.807) is 38.7 Å². The zero-order valence-corrected chi connectivity index (χ0v) is 12.1. The largest absolute Gasteiger partial charge is 0.507 e. The van der Waals surface area contributed by atoms with Crippen LogP contribution in [-0.4, -0.2) is 36.7 Å². The lowest BCUT2D eigenvalue weighted by Crippen LogP contribution is -1.93. The molecular weight excluding hydrogens is 264 g/mol. The molecule has 0 saturated carbocycles. The van der Waals surface area contributed by atoms with Crippen molar-refractivity contribution in [3.05, 3.63) is 58.7 Å². The summed E-state index contributed by atoms with van der Waals surface area (Å²) >= 11 is 0. The third-order valence-electron chi connectivity index (χ3n) is 3.13. The summed E-state index contributed by atoms with van der Waals surface area (Å²) in [7, 11) is 3.34. The third-order valence-corrected chi connectivity index (χ3v) is 3.13. The number of benzene rings is 2. The van der Waals surface area contributed by atoms with Gasteiger partial charge in [-0.15, -0.1) is 0 Å². The summed E-state index contributed by atoms with van der Waals surface area (Å²) in [6.07, 6.45) is 3.96. The molecule has 0 spiro atoms. The minimum Gasteiger partial charge on any atom is -0.507 e. The molecule has 0 aliphatic rings. The molecule has 0 aliphatic heterocycles. The van der Waals surface area contributed by atoms with Gasteiger partial charge >= 0.3 is 0 Å². The highest BCUT2D eigenvalue weighted by molar-refractivity contribution is 5.84. The van der Waals surface area contributed by atoms with Crippen molar-refractivity contribution in [1.29, 1.82) is 0 Å². The summed E-state index contributed by atoms with van der Waals surface area (Å²) in [5, 5.41) is 19.5. The number of aromatic hydroxyl groups is 2. The topological polar surface area (TPSA) is 65.2 Å². The van der Waals surface area contributed by atoms with Gasteiger partial charge in [-0.3, -0.25) is 9.98 Å². The summed E-state index contributed by atoms with van der Waals surface area (Å²) in [6.45, 7) is 0. The second-order valence-corrected chi connectivity index (χ2v) is 4.74. The van der Waals surface area contributed by atoms with Crippen LogP contribution in [0, 0.1) is 0 Å². The molecule has 0 unspecified atom stereocenters. The lowest BCUT2D eigenvalue weighted by Gasteiger charge is -2.07. The minimum atomic E-state index is 0.217.